The Morgan fingerprint density at radius 1 is 1.48 bits per heavy atom. The Morgan fingerprint density at radius 2 is 2.39 bits per heavy atom. The minimum Gasteiger partial charge on any atom is -0.379 e. The van der Waals surface area contributed by atoms with Crippen molar-refractivity contribution in [1.82, 2.24) is 19.9 Å². The highest BCUT2D eigenvalue weighted by Gasteiger charge is 2.23. The summed E-state index contributed by atoms with van der Waals surface area (Å²) in [7, 11) is 0. The molecule has 1 saturated heterocycles. The summed E-state index contributed by atoms with van der Waals surface area (Å²) in [5.74, 6) is 0.377. The molecular formula is C16H20N4O2S. The van der Waals surface area contributed by atoms with Gasteiger partial charge in [0.1, 0.15) is 6.33 Å². The molecule has 0 radical (unpaired) electrons. The minimum absolute atomic E-state index is 0.119. The predicted octanol–water partition coefficient (Wildman–Crippen LogP) is 1.50. The molecule has 0 bridgehead atoms. The number of rotatable bonds is 4. The van der Waals surface area contributed by atoms with Crippen molar-refractivity contribution in [2.24, 2.45) is 5.92 Å². The molecule has 1 aliphatic heterocycles. The van der Waals surface area contributed by atoms with E-state index in [-0.39, 0.29) is 11.8 Å². The van der Waals surface area contributed by atoms with Crippen molar-refractivity contribution in [3.8, 4) is 0 Å². The van der Waals surface area contributed by atoms with Gasteiger partial charge in [-0.3, -0.25) is 4.79 Å². The van der Waals surface area contributed by atoms with Gasteiger partial charge in [0.25, 0.3) is 0 Å². The quantitative estimate of drug-likeness (QED) is 0.849. The van der Waals surface area contributed by atoms with Crippen LogP contribution < -0.4 is 0 Å². The van der Waals surface area contributed by atoms with Crippen LogP contribution in [0, 0.1) is 12.8 Å². The van der Waals surface area contributed by atoms with Crippen molar-refractivity contribution in [3.63, 3.8) is 0 Å². The summed E-state index contributed by atoms with van der Waals surface area (Å²) >= 11 is 1.58. The van der Waals surface area contributed by atoms with Crippen molar-refractivity contribution in [1.29, 1.82) is 0 Å². The molecule has 0 spiro atoms. The van der Waals surface area contributed by atoms with Crippen LogP contribution in [0.15, 0.2) is 24.0 Å². The van der Waals surface area contributed by atoms with Gasteiger partial charge >= 0.3 is 0 Å². The number of hydrogen-bond donors (Lipinski definition) is 0. The fourth-order valence-electron chi connectivity index (χ4n) is 2.72. The third-order valence-corrected chi connectivity index (χ3v) is 4.65. The first kappa shape index (κ1) is 16.0. The maximum Gasteiger partial charge on any atom is 0.228 e. The van der Waals surface area contributed by atoms with E-state index in [9.17, 15) is 4.79 Å². The lowest BCUT2D eigenvalue weighted by Crippen LogP contribution is -2.37. The van der Waals surface area contributed by atoms with Gasteiger partial charge in [-0.25, -0.2) is 15.0 Å². The molecule has 0 unspecified atom stereocenters. The lowest BCUT2D eigenvalue weighted by molar-refractivity contribution is -0.130. The maximum absolute atomic E-state index is 12.5. The molecule has 2 aromatic heterocycles. The van der Waals surface area contributed by atoms with E-state index in [4.69, 9.17) is 4.74 Å². The van der Waals surface area contributed by atoms with Crippen LogP contribution in [-0.4, -0.2) is 52.1 Å². The molecule has 0 aromatic carbocycles. The molecule has 7 heteroatoms. The van der Waals surface area contributed by atoms with Crippen LogP contribution >= 0.6 is 11.3 Å². The number of nitrogens with zero attached hydrogens (tertiary/aromatic N) is 4. The first-order valence-electron chi connectivity index (χ1n) is 7.72. The fraction of sp³-hybridized carbons (Fsp3) is 0.500. The molecule has 122 valence electrons. The van der Waals surface area contributed by atoms with Crippen LogP contribution in [0.4, 0.5) is 0 Å². The number of thiazole rings is 1. The topological polar surface area (TPSA) is 68.2 Å². The van der Waals surface area contributed by atoms with Gasteiger partial charge in [0.05, 0.1) is 30.3 Å². The van der Waals surface area contributed by atoms with Gasteiger partial charge in [0.15, 0.2) is 0 Å². The molecule has 1 amide bonds. The van der Waals surface area contributed by atoms with E-state index >= 15 is 0 Å². The van der Waals surface area contributed by atoms with Crippen molar-refractivity contribution in [3.05, 3.63) is 40.4 Å². The van der Waals surface area contributed by atoms with Gasteiger partial charge in [0.2, 0.25) is 5.91 Å². The van der Waals surface area contributed by atoms with Gasteiger partial charge in [-0.05, 0) is 19.4 Å². The number of carbonyl (C=O) groups is 1. The third kappa shape index (κ3) is 4.56. The Morgan fingerprint density at radius 3 is 3.13 bits per heavy atom. The molecule has 0 N–H and O–H groups in total. The number of hydrogen-bond acceptors (Lipinski definition) is 6. The van der Waals surface area contributed by atoms with Crippen LogP contribution in [-0.2, 0) is 22.4 Å². The van der Waals surface area contributed by atoms with Crippen molar-refractivity contribution >= 4 is 17.2 Å². The van der Waals surface area contributed by atoms with E-state index in [1.807, 2.05) is 23.3 Å². The van der Waals surface area contributed by atoms with Crippen LogP contribution in [0.3, 0.4) is 0 Å². The molecule has 6 nitrogen and oxygen atoms in total. The first-order chi connectivity index (χ1) is 11.2. The van der Waals surface area contributed by atoms with Crippen LogP contribution in [0.2, 0.25) is 0 Å². The van der Waals surface area contributed by atoms with Crippen LogP contribution in [0.5, 0.6) is 0 Å². The van der Waals surface area contributed by atoms with Gasteiger partial charge in [-0.2, -0.15) is 0 Å². The molecule has 1 fully saturated rings. The lowest BCUT2D eigenvalue weighted by Gasteiger charge is -2.23. The van der Waals surface area contributed by atoms with E-state index in [0.717, 1.165) is 22.8 Å². The number of amides is 1. The number of ether oxygens (including phenoxy) is 1. The zero-order valence-corrected chi connectivity index (χ0v) is 14.0. The second-order valence-corrected chi connectivity index (χ2v) is 6.78. The van der Waals surface area contributed by atoms with E-state index in [0.29, 0.717) is 32.7 Å². The molecule has 3 heterocycles. The standard InChI is InChI=1S/C16H20N4O2S/c1-12-19-15(10-23-12)7-16(21)20-4-5-22-9-13(8-20)6-14-2-3-17-11-18-14/h2-3,10-11,13H,4-9H2,1H3/t13-/m1/s1. The predicted molar refractivity (Wildman–Crippen MR) is 87.2 cm³/mol. The summed E-state index contributed by atoms with van der Waals surface area (Å²) in [4.78, 5) is 27.0. The molecule has 0 saturated carbocycles. The zero-order valence-electron chi connectivity index (χ0n) is 13.1. The molecule has 2 aromatic rings. The lowest BCUT2D eigenvalue weighted by atomic mass is 10.0. The Kier molecular flexibility index (Phi) is 5.30. The highest BCUT2D eigenvalue weighted by Crippen LogP contribution is 2.15. The normalized spacial score (nSPS) is 18.7. The average Bonchev–Trinajstić information content (AvgIpc) is 2.82. The number of aryl methyl sites for hydroxylation is 1. The smallest absolute Gasteiger partial charge is 0.228 e. The van der Waals surface area contributed by atoms with Gasteiger partial charge in [0, 0.05) is 36.3 Å². The Hall–Kier alpha value is -1.86. The molecule has 1 atom stereocenters. The molecular weight excluding hydrogens is 312 g/mol. The second-order valence-electron chi connectivity index (χ2n) is 5.72. The summed E-state index contributed by atoms with van der Waals surface area (Å²) in [6, 6.07) is 1.91. The SMILES string of the molecule is Cc1nc(CC(=O)N2CCOC[C@H](Cc3ccncn3)C2)cs1. The summed E-state index contributed by atoms with van der Waals surface area (Å²) in [6.45, 7) is 4.54. The monoisotopic (exact) mass is 332 g/mol. The minimum atomic E-state index is 0.119. The highest BCUT2D eigenvalue weighted by molar-refractivity contribution is 7.09. The van der Waals surface area contributed by atoms with Gasteiger partial charge in [-0.1, -0.05) is 0 Å². The zero-order chi connectivity index (χ0) is 16.1. The highest BCUT2D eigenvalue weighted by atomic mass is 32.1. The molecule has 23 heavy (non-hydrogen) atoms. The Balaban J connectivity index is 1.61. The van der Waals surface area contributed by atoms with E-state index in [1.165, 1.54) is 0 Å². The first-order valence-corrected chi connectivity index (χ1v) is 8.60. The summed E-state index contributed by atoms with van der Waals surface area (Å²) in [5, 5.41) is 2.95. The maximum atomic E-state index is 12.5. The van der Waals surface area contributed by atoms with E-state index < -0.39 is 0 Å². The third-order valence-electron chi connectivity index (χ3n) is 3.83. The molecule has 3 rings (SSSR count). The summed E-state index contributed by atoms with van der Waals surface area (Å²) in [5.41, 5.74) is 1.84. The fourth-order valence-corrected chi connectivity index (χ4v) is 3.33. The largest absolute Gasteiger partial charge is 0.379 e. The average molecular weight is 332 g/mol. The van der Waals surface area contributed by atoms with Gasteiger partial charge < -0.3 is 9.64 Å². The molecule has 1 aliphatic rings. The second kappa shape index (κ2) is 7.61. The van der Waals surface area contributed by atoms with E-state index in [1.54, 1.807) is 23.9 Å². The Bertz CT molecular complexity index is 647. The number of carbonyl (C=O) groups excluding carboxylic acids is 1. The summed E-state index contributed by atoms with van der Waals surface area (Å²) < 4.78 is 5.66. The van der Waals surface area contributed by atoms with Gasteiger partial charge in [-0.15, -0.1) is 11.3 Å². The van der Waals surface area contributed by atoms with Crippen molar-refractivity contribution in [2.45, 2.75) is 19.8 Å². The van der Waals surface area contributed by atoms with Crippen LogP contribution in [0.25, 0.3) is 0 Å². The van der Waals surface area contributed by atoms with Crippen LogP contribution in [0.1, 0.15) is 16.4 Å². The van der Waals surface area contributed by atoms with Crippen molar-refractivity contribution in [2.75, 3.05) is 26.3 Å². The Labute approximate surface area is 139 Å². The number of aromatic nitrogens is 3. The molecule has 0 aliphatic carbocycles. The van der Waals surface area contributed by atoms with Crippen molar-refractivity contribution < 1.29 is 9.53 Å². The summed E-state index contributed by atoms with van der Waals surface area (Å²) in [6.07, 6.45) is 4.46. The van der Waals surface area contributed by atoms with E-state index in [2.05, 4.69) is 15.0 Å².